The Morgan fingerprint density at radius 1 is 0.670 bits per heavy atom. The van der Waals surface area contributed by atoms with Crippen LogP contribution in [0.2, 0.25) is 0 Å². The van der Waals surface area contributed by atoms with E-state index in [1.54, 1.807) is 0 Å². The van der Waals surface area contributed by atoms with Gasteiger partial charge in [0.15, 0.2) is 0 Å². The maximum absolute atomic E-state index is 6.38. The van der Waals surface area contributed by atoms with Crippen LogP contribution in [0.15, 0.2) is 240 Å². The Balaban J connectivity index is 0.965. The molecule has 4 nitrogen and oxygen atoms in total. The number of hydrogen-bond donors (Lipinski definition) is 1. The van der Waals surface area contributed by atoms with Gasteiger partial charge in [0.1, 0.15) is 11.3 Å². The first-order chi connectivity index (χ1) is 42.0. The summed E-state index contributed by atoms with van der Waals surface area (Å²) in [5.74, 6) is 3.30. The van der Waals surface area contributed by atoms with Crippen LogP contribution in [0.5, 0.6) is 0 Å². The number of benzene rings is 6. The number of nitrogens with one attached hydrogen (secondary N) is 1. The summed E-state index contributed by atoms with van der Waals surface area (Å²) < 4.78 is 6.38. The Kier molecular flexibility index (Phi) is 13.9. The molecule has 88 heavy (non-hydrogen) atoms. The van der Waals surface area contributed by atoms with Crippen LogP contribution in [0.3, 0.4) is 0 Å². The lowest BCUT2D eigenvalue weighted by Crippen LogP contribution is -2.45. The minimum Gasteiger partial charge on any atom is -0.456 e. The lowest BCUT2D eigenvalue weighted by atomic mass is 9.37. The van der Waals surface area contributed by atoms with Gasteiger partial charge in [0.05, 0.1) is 6.04 Å². The number of para-hydroxylation sites is 1. The number of rotatable bonds is 12. The van der Waals surface area contributed by atoms with E-state index in [0.29, 0.717) is 0 Å². The number of fused-ring (bicyclic) bond motifs is 8. The molecular formula is C83H86BN3O. The van der Waals surface area contributed by atoms with Gasteiger partial charge in [0.2, 0.25) is 6.71 Å². The molecule has 5 heteroatoms. The maximum Gasteiger partial charge on any atom is 0.241 e. The van der Waals surface area contributed by atoms with E-state index in [-0.39, 0.29) is 39.8 Å². The largest absolute Gasteiger partial charge is 0.456 e. The van der Waals surface area contributed by atoms with Gasteiger partial charge in [-0.15, -0.1) is 5.98 Å². The molecule has 6 aromatic carbocycles. The van der Waals surface area contributed by atoms with Crippen LogP contribution in [0.25, 0.3) is 27.7 Å². The highest BCUT2D eigenvalue weighted by molar-refractivity contribution is 6.87. The van der Waals surface area contributed by atoms with E-state index in [1.807, 2.05) is 18.2 Å². The van der Waals surface area contributed by atoms with E-state index in [1.165, 1.54) is 89.1 Å². The zero-order chi connectivity index (χ0) is 61.2. The fraction of sp³-hybridized carbons (Fsp3) is 0.301. The molecule has 0 spiro atoms. The number of anilines is 4. The van der Waals surface area contributed by atoms with E-state index >= 15 is 0 Å². The molecule has 14 rings (SSSR count). The van der Waals surface area contributed by atoms with Crippen LogP contribution in [0.1, 0.15) is 139 Å². The van der Waals surface area contributed by atoms with Gasteiger partial charge in [-0.25, -0.2) is 0 Å². The van der Waals surface area contributed by atoms with Crippen LogP contribution >= 0.6 is 0 Å². The van der Waals surface area contributed by atoms with Gasteiger partial charge >= 0.3 is 0 Å². The molecule has 0 bridgehead atoms. The van der Waals surface area contributed by atoms with E-state index in [2.05, 4.69) is 261 Å². The fourth-order valence-corrected chi connectivity index (χ4v) is 16.4. The molecule has 6 aliphatic carbocycles. The molecule has 1 fully saturated rings. The zero-order valence-electron chi connectivity index (χ0n) is 53.8. The van der Waals surface area contributed by atoms with Gasteiger partial charge in [0, 0.05) is 50.5 Å². The van der Waals surface area contributed by atoms with Gasteiger partial charge in [0.25, 0.3) is 0 Å². The summed E-state index contributed by atoms with van der Waals surface area (Å²) in [4.78, 5) is 5.14. The summed E-state index contributed by atoms with van der Waals surface area (Å²) in [5.41, 5.74) is 29.3. The molecule has 0 radical (unpaired) electrons. The van der Waals surface area contributed by atoms with Gasteiger partial charge in [-0.1, -0.05) is 198 Å². The topological polar surface area (TPSA) is 31.6 Å². The minimum absolute atomic E-state index is 0.0609. The predicted molar refractivity (Wildman–Crippen MR) is 375 cm³/mol. The van der Waals surface area contributed by atoms with Gasteiger partial charge in [-0.2, -0.15) is 0 Å². The maximum atomic E-state index is 6.38. The molecule has 1 aromatic heterocycles. The molecule has 0 amide bonds. The summed E-state index contributed by atoms with van der Waals surface area (Å²) in [6.07, 6.45) is 29.8. The summed E-state index contributed by atoms with van der Waals surface area (Å²) in [5, 5.41) is 5.09. The third-order valence-electron chi connectivity index (χ3n) is 20.4. The van der Waals surface area contributed by atoms with Crippen molar-refractivity contribution in [1.82, 2.24) is 0 Å². The number of furan rings is 1. The SMILES string of the molecule is C=C/C(=C\C1=CCC(N(C(=C)/C=C2\C(=C\Nc3ccc4c(c3)CC(C)(C)C4)B(/C=C/C=C3/CC(C)(C)CC3=C)c3cc4c(cc3N2c2ccc3c(c2)CC(C)(C)C3)CC(C)(C)C4)c2ccc3c(c2)C(C)(C)c2ccccc2-3)C=C1)c1cc2ccccc2o1. The van der Waals surface area contributed by atoms with E-state index < -0.39 is 0 Å². The lowest BCUT2D eigenvalue weighted by molar-refractivity contribution is 0.392. The van der Waals surface area contributed by atoms with Crippen LogP contribution in [-0.2, 0) is 43.9 Å². The predicted octanol–water partition coefficient (Wildman–Crippen LogP) is 20.3. The Hall–Kier alpha value is -8.28. The Labute approximate surface area is 525 Å². The van der Waals surface area contributed by atoms with Crippen LogP contribution < -0.4 is 20.6 Å². The highest BCUT2D eigenvalue weighted by Crippen LogP contribution is 2.52. The third-order valence-corrected chi connectivity index (χ3v) is 20.4. The first-order valence-electron chi connectivity index (χ1n) is 32.4. The molecule has 1 aliphatic heterocycles. The molecule has 442 valence electrons. The van der Waals surface area contributed by atoms with Crippen molar-refractivity contribution in [2.24, 2.45) is 21.7 Å². The van der Waals surface area contributed by atoms with Crippen molar-refractivity contribution in [1.29, 1.82) is 0 Å². The smallest absolute Gasteiger partial charge is 0.241 e. The summed E-state index contributed by atoms with van der Waals surface area (Å²) in [6, 6.07) is 46.0. The monoisotopic (exact) mass is 1150 g/mol. The van der Waals surface area contributed by atoms with E-state index in [9.17, 15) is 0 Å². The van der Waals surface area contributed by atoms with Crippen molar-refractivity contribution in [3.63, 3.8) is 0 Å². The third kappa shape index (κ3) is 10.6. The molecule has 0 saturated heterocycles. The normalized spacial score (nSPS) is 21.9. The highest BCUT2D eigenvalue weighted by Gasteiger charge is 2.42. The lowest BCUT2D eigenvalue weighted by Gasteiger charge is -2.40. The first kappa shape index (κ1) is 57.5. The molecule has 1 unspecified atom stereocenters. The van der Waals surface area contributed by atoms with Crippen molar-refractivity contribution < 1.29 is 4.42 Å². The summed E-state index contributed by atoms with van der Waals surface area (Å²) in [6.45, 7) is 38.0. The Morgan fingerprint density at radius 3 is 2.03 bits per heavy atom. The first-order valence-corrected chi connectivity index (χ1v) is 32.4. The fourth-order valence-electron chi connectivity index (χ4n) is 16.4. The number of hydrogen-bond acceptors (Lipinski definition) is 4. The van der Waals surface area contributed by atoms with Gasteiger partial charge < -0.3 is 19.5 Å². The highest BCUT2D eigenvalue weighted by atomic mass is 16.3. The Bertz CT molecular complexity index is 4300. The van der Waals surface area contributed by atoms with Crippen LogP contribution in [-0.4, -0.2) is 12.8 Å². The van der Waals surface area contributed by atoms with Gasteiger partial charge in [-0.3, -0.25) is 0 Å². The molecule has 1 N–H and O–H groups in total. The molecular weight excluding hydrogens is 1070 g/mol. The van der Waals surface area contributed by atoms with Crippen molar-refractivity contribution in [2.45, 2.75) is 138 Å². The average molecular weight is 1150 g/mol. The summed E-state index contributed by atoms with van der Waals surface area (Å²) >= 11 is 0. The molecule has 7 aliphatic rings. The number of allylic oxidation sites excluding steroid dienone is 11. The second kappa shape index (κ2) is 21.2. The van der Waals surface area contributed by atoms with Crippen molar-refractivity contribution in [3.8, 4) is 11.1 Å². The summed E-state index contributed by atoms with van der Waals surface area (Å²) in [7, 11) is 0. The average Bonchev–Trinajstić information content (AvgIpc) is 1.38. The quantitative estimate of drug-likeness (QED) is 0.0976. The number of nitrogens with zero attached hydrogens (tertiary/aromatic N) is 2. The van der Waals surface area contributed by atoms with Crippen molar-refractivity contribution in [2.75, 3.05) is 15.1 Å². The molecule has 1 saturated carbocycles. The van der Waals surface area contributed by atoms with Gasteiger partial charge in [-0.05, 0) is 230 Å². The Morgan fingerprint density at radius 2 is 1.33 bits per heavy atom. The second-order valence-corrected chi connectivity index (χ2v) is 30.5. The standard InChI is InChI=1S/C83H86BN3O/c1-14-56(78-42-57-20-15-18-24-77(57)88-78)37-55-25-30-66(31-26-55)86(68-33-34-70-69-22-16-17-23-71(69)83(12,13)72(70)43-68)54(3)36-75-74(52-85-65-29-27-59-46-80(6,7)48-61(59)38-65)84(35-19-21-58-45-79(4,5)44-53(58)2)73-40-63-50-82(10,11)51-64(63)41-76(73)87(75)67-32-28-60-47-81(8,9)49-62(60)39-67/h14-30,32-43,52,66,85H,1-3,31,44-51H2,4-13H3/b35-19+,56-37+,58-21-,74-52-,75-36+. The van der Waals surface area contributed by atoms with E-state index in [4.69, 9.17) is 11.0 Å². The van der Waals surface area contributed by atoms with E-state index in [0.717, 1.165) is 108 Å². The van der Waals surface area contributed by atoms with Crippen molar-refractivity contribution >= 4 is 51.5 Å². The van der Waals surface area contributed by atoms with Crippen LogP contribution in [0, 0.1) is 21.7 Å². The molecule has 7 aromatic rings. The minimum atomic E-state index is -0.198. The zero-order valence-corrected chi connectivity index (χ0v) is 53.8. The molecule has 1 atom stereocenters. The van der Waals surface area contributed by atoms with Crippen LogP contribution in [0.4, 0.5) is 22.7 Å². The van der Waals surface area contributed by atoms with Crippen molar-refractivity contribution in [3.05, 3.63) is 286 Å². The second-order valence-electron chi connectivity index (χ2n) is 30.5. The molecule has 2 heterocycles.